The van der Waals surface area contributed by atoms with Crippen LogP contribution in [0.3, 0.4) is 0 Å². The summed E-state index contributed by atoms with van der Waals surface area (Å²) in [6.07, 6.45) is 4.18. The van der Waals surface area contributed by atoms with E-state index in [1.54, 1.807) is 17.8 Å². The van der Waals surface area contributed by atoms with Crippen molar-refractivity contribution in [1.29, 1.82) is 5.26 Å². The van der Waals surface area contributed by atoms with Crippen molar-refractivity contribution >= 4 is 34.8 Å². The Bertz CT molecular complexity index is 1340. The highest BCUT2D eigenvalue weighted by atomic mass is 32.2. The molecule has 0 bridgehead atoms. The first-order valence-corrected chi connectivity index (χ1v) is 12.7. The summed E-state index contributed by atoms with van der Waals surface area (Å²) in [5, 5.41) is 18.5. The molecule has 0 saturated carbocycles. The first-order valence-electron chi connectivity index (χ1n) is 11.7. The summed E-state index contributed by atoms with van der Waals surface area (Å²) in [6, 6.07) is 29.0. The number of aliphatic carboxylic acids is 1. The zero-order valence-electron chi connectivity index (χ0n) is 20.4. The second kappa shape index (κ2) is 10.7. The number of nitrogens with zero attached hydrogens (tertiary/aromatic N) is 2. The molecule has 5 heteroatoms. The van der Waals surface area contributed by atoms with Gasteiger partial charge < -0.3 is 10.0 Å². The first-order chi connectivity index (χ1) is 17.3. The van der Waals surface area contributed by atoms with Gasteiger partial charge in [-0.2, -0.15) is 5.26 Å². The van der Waals surface area contributed by atoms with E-state index in [1.807, 2.05) is 42.5 Å². The highest BCUT2D eigenvalue weighted by Crippen LogP contribution is 2.42. The van der Waals surface area contributed by atoms with Crippen LogP contribution in [0.2, 0.25) is 0 Å². The van der Waals surface area contributed by atoms with Crippen molar-refractivity contribution in [3.05, 3.63) is 125 Å². The summed E-state index contributed by atoms with van der Waals surface area (Å²) in [5.41, 5.74) is 5.78. The van der Waals surface area contributed by atoms with Gasteiger partial charge in [-0.05, 0) is 71.7 Å². The molecule has 4 nitrogen and oxygen atoms in total. The van der Waals surface area contributed by atoms with Crippen LogP contribution in [0, 0.1) is 11.3 Å². The van der Waals surface area contributed by atoms with Crippen LogP contribution in [-0.2, 0) is 16.6 Å². The number of carbonyl (C=O) groups is 1. The number of fused-ring (bicyclic) bond motifs is 1. The zero-order valence-corrected chi connectivity index (χ0v) is 21.3. The molecule has 0 aromatic heterocycles. The lowest BCUT2D eigenvalue weighted by atomic mass is 9.75. The molecule has 3 aromatic carbocycles. The number of rotatable bonds is 5. The normalized spacial score (nSPS) is 16.9. The number of hydrogen-bond acceptors (Lipinski definition) is 4. The minimum Gasteiger partial charge on any atom is -0.477 e. The number of allylic oxidation sites excluding steroid dienone is 3. The van der Waals surface area contributed by atoms with Crippen LogP contribution in [0.1, 0.15) is 25.0 Å². The number of anilines is 3. The van der Waals surface area contributed by atoms with Crippen molar-refractivity contribution in [2.75, 3.05) is 10.7 Å². The Morgan fingerprint density at radius 3 is 2.19 bits per heavy atom. The molecule has 0 aliphatic carbocycles. The maximum Gasteiger partial charge on any atom is 0.346 e. The van der Waals surface area contributed by atoms with Gasteiger partial charge in [0, 0.05) is 33.1 Å². The number of thioether (sulfide) groups is 1. The Kier molecular flexibility index (Phi) is 7.47. The number of nitriles is 1. The Labute approximate surface area is 216 Å². The third-order valence-electron chi connectivity index (χ3n) is 6.45. The van der Waals surface area contributed by atoms with Crippen molar-refractivity contribution in [2.24, 2.45) is 0 Å². The molecule has 0 unspecified atom stereocenters. The van der Waals surface area contributed by atoms with Gasteiger partial charge in [0.25, 0.3) is 0 Å². The van der Waals surface area contributed by atoms with E-state index in [9.17, 15) is 15.2 Å². The summed E-state index contributed by atoms with van der Waals surface area (Å²) in [5.74, 6) is -0.462. The molecule has 0 amide bonds. The average molecular weight is 493 g/mol. The molecule has 0 radical (unpaired) electrons. The van der Waals surface area contributed by atoms with E-state index in [0.717, 1.165) is 39.7 Å². The fraction of sp³-hybridized carbons (Fsp3) is 0.161. The van der Waals surface area contributed by atoms with Gasteiger partial charge >= 0.3 is 5.97 Å². The number of carboxylic acid groups (broad SMARTS) is 1. The second-order valence-corrected chi connectivity index (χ2v) is 10.3. The highest BCUT2D eigenvalue weighted by molar-refractivity contribution is 8.03. The smallest absolute Gasteiger partial charge is 0.346 e. The fourth-order valence-corrected chi connectivity index (χ4v) is 5.30. The molecule has 0 spiro atoms. The summed E-state index contributed by atoms with van der Waals surface area (Å²) in [7, 11) is 0. The summed E-state index contributed by atoms with van der Waals surface area (Å²) < 4.78 is 0. The van der Waals surface area contributed by atoms with E-state index in [1.165, 1.54) is 17.2 Å². The lowest BCUT2D eigenvalue weighted by molar-refractivity contribution is -0.132. The lowest BCUT2D eigenvalue weighted by Gasteiger charge is -2.32. The molecular formula is C31H28N2O2S. The standard InChI is InChI=1S/C31H28N2O2S/c1-22-18-28(19-24(21-32)30(34)35)36-17-16-23-14-15-27(20-29(23)31(22,2)3)33(25-10-6-4-7-11-25)26-12-8-5-9-13-26/h4-15,18-20H,1,16-17H2,2-3H3,(H,34,35)/b24-19+,28-18-. The van der Waals surface area contributed by atoms with Gasteiger partial charge in [0.2, 0.25) is 0 Å². The van der Waals surface area contributed by atoms with Crippen LogP contribution in [0.25, 0.3) is 0 Å². The number of para-hydroxylation sites is 2. The highest BCUT2D eigenvalue weighted by Gasteiger charge is 2.28. The van der Waals surface area contributed by atoms with Gasteiger partial charge in [0.1, 0.15) is 11.6 Å². The molecule has 36 heavy (non-hydrogen) atoms. The molecule has 180 valence electrons. The van der Waals surface area contributed by atoms with Gasteiger partial charge in [-0.25, -0.2) is 4.79 Å². The van der Waals surface area contributed by atoms with Crippen molar-refractivity contribution in [1.82, 2.24) is 0 Å². The van der Waals surface area contributed by atoms with E-state index in [-0.39, 0.29) is 5.57 Å². The molecule has 1 N–H and O–H groups in total. The van der Waals surface area contributed by atoms with Crippen LogP contribution in [0.4, 0.5) is 17.1 Å². The van der Waals surface area contributed by atoms with E-state index in [2.05, 4.69) is 67.8 Å². The number of benzene rings is 3. The molecule has 4 rings (SSSR count). The topological polar surface area (TPSA) is 64.3 Å². The predicted octanol–water partition coefficient (Wildman–Crippen LogP) is 7.70. The van der Waals surface area contributed by atoms with Crippen molar-refractivity contribution in [3.8, 4) is 6.07 Å². The maximum absolute atomic E-state index is 11.4. The van der Waals surface area contributed by atoms with Crippen LogP contribution in [0.15, 0.2) is 114 Å². The van der Waals surface area contributed by atoms with Crippen molar-refractivity contribution in [3.63, 3.8) is 0 Å². The lowest BCUT2D eigenvalue weighted by Crippen LogP contribution is -2.22. The zero-order chi connectivity index (χ0) is 25.7. The molecule has 1 heterocycles. The van der Waals surface area contributed by atoms with Crippen LogP contribution >= 0.6 is 11.8 Å². The second-order valence-electron chi connectivity index (χ2n) is 9.12. The largest absolute Gasteiger partial charge is 0.477 e. The van der Waals surface area contributed by atoms with Gasteiger partial charge in [0.15, 0.2) is 0 Å². The summed E-state index contributed by atoms with van der Waals surface area (Å²) in [4.78, 5) is 14.4. The Morgan fingerprint density at radius 1 is 1.03 bits per heavy atom. The third-order valence-corrected chi connectivity index (χ3v) is 7.43. The molecule has 1 aliphatic heterocycles. The average Bonchev–Trinajstić information content (AvgIpc) is 2.92. The van der Waals surface area contributed by atoms with Gasteiger partial charge in [-0.15, -0.1) is 11.8 Å². The first kappa shape index (κ1) is 25.1. The number of hydrogen-bond donors (Lipinski definition) is 1. The van der Waals surface area contributed by atoms with E-state index in [0.29, 0.717) is 0 Å². The molecule has 0 fully saturated rings. The SMILES string of the molecule is C=C1/C=C(/C=C(\C#N)C(=O)O)SCCc2ccc(N(c3ccccc3)c3ccccc3)cc2C1(C)C. The molecule has 0 saturated heterocycles. The van der Waals surface area contributed by atoms with Crippen molar-refractivity contribution in [2.45, 2.75) is 25.7 Å². The Morgan fingerprint density at radius 2 is 1.64 bits per heavy atom. The van der Waals surface area contributed by atoms with Crippen LogP contribution in [-0.4, -0.2) is 16.8 Å². The molecular weight excluding hydrogens is 464 g/mol. The third kappa shape index (κ3) is 5.30. The molecule has 0 atom stereocenters. The van der Waals surface area contributed by atoms with Crippen LogP contribution in [0.5, 0.6) is 0 Å². The Balaban J connectivity index is 1.82. The van der Waals surface area contributed by atoms with E-state index in [4.69, 9.17) is 0 Å². The summed E-state index contributed by atoms with van der Waals surface area (Å²) in [6.45, 7) is 8.65. The minimum atomic E-state index is -1.22. The molecule has 3 aromatic rings. The fourth-order valence-electron chi connectivity index (χ4n) is 4.32. The number of aryl methyl sites for hydroxylation is 1. The van der Waals surface area contributed by atoms with Gasteiger partial charge in [-0.3, -0.25) is 0 Å². The van der Waals surface area contributed by atoms with Crippen molar-refractivity contribution < 1.29 is 9.90 Å². The van der Waals surface area contributed by atoms with E-state index < -0.39 is 11.4 Å². The Hall–Kier alpha value is -4.01. The quantitative estimate of drug-likeness (QED) is 0.292. The maximum atomic E-state index is 11.4. The molecule has 1 aliphatic rings. The predicted molar refractivity (Wildman–Crippen MR) is 149 cm³/mol. The van der Waals surface area contributed by atoms with Crippen LogP contribution < -0.4 is 4.90 Å². The van der Waals surface area contributed by atoms with Gasteiger partial charge in [0.05, 0.1) is 0 Å². The number of carboxylic acids is 1. The summed E-state index contributed by atoms with van der Waals surface area (Å²) >= 11 is 1.54. The van der Waals surface area contributed by atoms with Gasteiger partial charge in [-0.1, -0.05) is 62.9 Å². The monoisotopic (exact) mass is 492 g/mol. The van der Waals surface area contributed by atoms with E-state index >= 15 is 0 Å². The minimum absolute atomic E-state index is 0.278.